The number of ether oxygens (including phenoxy) is 1. The Morgan fingerprint density at radius 3 is 2.36 bits per heavy atom. The SMILES string of the molecule is COc1ccc(CC(C)(C)C)cc1N. The highest BCUT2D eigenvalue weighted by Crippen LogP contribution is 2.26. The topological polar surface area (TPSA) is 35.2 Å². The second-order valence-electron chi connectivity index (χ2n) is 4.81. The van der Waals surface area contributed by atoms with Crippen molar-refractivity contribution in [3.8, 4) is 5.75 Å². The molecule has 0 saturated carbocycles. The molecule has 0 fully saturated rings. The molecular weight excluding hydrogens is 174 g/mol. The van der Waals surface area contributed by atoms with Gasteiger partial charge in [0.2, 0.25) is 0 Å². The second-order valence-corrected chi connectivity index (χ2v) is 4.81. The molecule has 0 spiro atoms. The second kappa shape index (κ2) is 3.91. The number of nitrogens with two attached hydrogens (primary N) is 1. The molecule has 1 aromatic carbocycles. The summed E-state index contributed by atoms with van der Waals surface area (Å²) in [5.41, 5.74) is 8.10. The predicted octanol–water partition coefficient (Wildman–Crippen LogP) is 2.87. The van der Waals surface area contributed by atoms with Crippen molar-refractivity contribution in [2.75, 3.05) is 12.8 Å². The van der Waals surface area contributed by atoms with E-state index in [4.69, 9.17) is 10.5 Å². The van der Waals surface area contributed by atoms with E-state index in [9.17, 15) is 0 Å². The molecule has 0 unspecified atom stereocenters. The standard InChI is InChI=1S/C12H19NO/c1-12(2,3)8-9-5-6-11(14-4)10(13)7-9/h5-7H,8,13H2,1-4H3. The van der Waals surface area contributed by atoms with Crippen LogP contribution in [0, 0.1) is 5.41 Å². The maximum Gasteiger partial charge on any atom is 0.141 e. The maximum atomic E-state index is 5.83. The highest BCUT2D eigenvalue weighted by atomic mass is 16.5. The van der Waals surface area contributed by atoms with Crippen molar-refractivity contribution in [2.24, 2.45) is 5.41 Å². The first kappa shape index (κ1) is 10.9. The Balaban J connectivity index is 2.87. The van der Waals surface area contributed by atoms with Crippen molar-refractivity contribution in [3.63, 3.8) is 0 Å². The van der Waals surface area contributed by atoms with Crippen LogP contribution in [0.5, 0.6) is 5.75 Å². The van der Waals surface area contributed by atoms with E-state index in [1.807, 2.05) is 12.1 Å². The summed E-state index contributed by atoms with van der Waals surface area (Å²) in [6, 6.07) is 5.99. The lowest BCUT2D eigenvalue weighted by molar-refractivity contribution is 0.407. The molecule has 1 aromatic rings. The summed E-state index contributed by atoms with van der Waals surface area (Å²) in [4.78, 5) is 0. The smallest absolute Gasteiger partial charge is 0.141 e. The number of benzene rings is 1. The van der Waals surface area contributed by atoms with Crippen molar-refractivity contribution in [3.05, 3.63) is 23.8 Å². The molecule has 1 rings (SSSR count). The summed E-state index contributed by atoms with van der Waals surface area (Å²) in [6.45, 7) is 6.65. The number of rotatable bonds is 2. The van der Waals surface area contributed by atoms with Crippen LogP contribution in [-0.4, -0.2) is 7.11 Å². The number of nitrogen functional groups attached to an aromatic ring is 1. The van der Waals surface area contributed by atoms with E-state index in [1.165, 1.54) is 5.56 Å². The first-order valence-electron chi connectivity index (χ1n) is 4.85. The highest BCUT2D eigenvalue weighted by Gasteiger charge is 2.12. The van der Waals surface area contributed by atoms with Gasteiger partial charge in [-0.05, 0) is 29.5 Å². The van der Waals surface area contributed by atoms with Crippen LogP contribution in [0.25, 0.3) is 0 Å². The van der Waals surface area contributed by atoms with Crippen molar-refractivity contribution in [1.82, 2.24) is 0 Å². The van der Waals surface area contributed by atoms with Gasteiger partial charge in [-0.1, -0.05) is 26.8 Å². The number of hydrogen-bond acceptors (Lipinski definition) is 2. The molecule has 0 heterocycles. The van der Waals surface area contributed by atoms with Crippen LogP contribution >= 0.6 is 0 Å². The van der Waals surface area contributed by atoms with Gasteiger partial charge in [0.1, 0.15) is 5.75 Å². The van der Waals surface area contributed by atoms with Gasteiger partial charge in [-0.25, -0.2) is 0 Å². The monoisotopic (exact) mass is 193 g/mol. The van der Waals surface area contributed by atoms with Crippen molar-refractivity contribution >= 4 is 5.69 Å². The minimum Gasteiger partial charge on any atom is -0.495 e. The normalized spacial score (nSPS) is 11.4. The molecule has 78 valence electrons. The molecule has 2 heteroatoms. The van der Waals surface area contributed by atoms with Gasteiger partial charge in [0.05, 0.1) is 12.8 Å². The van der Waals surface area contributed by atoms with Crippen LogP contribution in [-0.2, 0) is 6.42 Å². The molecule has 2 N–H and O–H groups in total. The molecule has 14 heavy (non-hydrogen) atoms. The predicted molar refractivity (Wildman–Crippen MR) is 60.6 cm³/mol. The third-order valence-corrected chi connectivity index (χ3v) is 2.03. The zero-order chi connectivity index (χ0) is 10.8. The average Bonchev–Trinajstić information content (AvgIpc) is 2.01. The van der Waals surface area contributed by atoms with Gasteiger partial charge in [-0.3, -0.25) is 0 Å². The van der Waals surface area contributed by atoms with Crippen molar-refractivity contribution < 1.29 is 4.74 Å². The van der Waals surface area contributed by atoms with Gasteiger partial charge in [0.15, 0.2) is 0 Å². The van der Waals surface area contributed by atoms with Crippen molar-refractivity contribution in [1.29, 1.82) is 0 Å². The Bertz CT molecular complexity index is 313. The summed E-state index contributed by atoms with van der Waals surface area (Å²) in [5, 5.41) is 0. The summed E-state index contributed by atoms with van der Waals surface area (Å²) in [5.74, 6) is 0.752. The lowest BCUT2D eigenvalue weighted by Gasteiger charge is -2.18. The maximum absolute atomic E-state index is 5.83. The molecule has 0 aliphatic rings. The fourth-order valence-electron chi connectivity index (χ4n) is 1.51. The lowest BCUT2D eigenvalue weighted by Crippen LogP contribution is -2.09. The number of methoxy groups -OCH3 is 1. The fraction of sp³-hybridized carbons (Fsp3) is 0.500. The molecule has 0 aliphatic carbocycles. The quantitative estimate of drug-likeness (QED) is 0.733. The molecule has 0 radical (unpaired) electrons. The number of anilines is 1. The molecular formula is C12H19NO. The molecule has 0 amide bonds. The zero-order valence-electron chi connectivity index (χ0n) is 9.42. The molecule has 0 bridgehead atoms. The number of hydrogen-bond donors (Lipinski definition) is 1. The van der Waals surface area contributed by atoms with Gasteiger partial charge >= 0.3 is 0 Å². The molecule has 0 atom stereocenters. The minimum atomic E-state index is 0.293. The molecule has 0 aliphatic heterocycles. The van der Waals surface area contributed by atoms with E-state index in [0.717, 1.165) is 12.2 Å². The van der Waals surface area contributed by atoms with Crippen LogP contribution in [0.15, 0.2) is 18.2 Å². The molecule has 2 nitrogen and oxygen atoms in total. The highest BCUT2D eigenvalue weighted by molar-refractivity contribution is 5.54. The minimum absolute atomic E-state index is 0.293. The molecule has 0 saturated heterocycles. The first-order chi connectivity index (χ1) is 6.42. The van der Waals surface area contributed by atoms with Crippen LogP contribution in [0.3, 0.4) is 0 Å². The van der Waals surface area contributed by atoms with Gasteiger partial charge in [0, 0.05) is 0 Å². The molecule has 0 aromatic heterocycles. The third-order valence-electron chi connectivity index (χ3n) is 2.03. The largest absolute Gasteiger partial charge is 0.495 e. The summed E-state index contributed by atoms with van der Waals surface area (Å²) < 4.78 is 5.11. The van der Waals surface area contributed by atoms with E-state index < -0.39 is 0 Å². The van der Waals surface area contributed by atoms with E-state index in [2.05, 4.69) is 26.8 Å². The summed E-state index contributed by atoms with van der Waals surface area (Å²) in [7, 11) is 1.63. The average molecular weight is 193 g/mol. The summed E-state index contributed by atoms with van der Waals surface area (Å²) >= 11 is 0. The zero-order valence-corrected chi connectivity index (χ0v) is 9.42. The first-order valence-corrected chi connectivity index (χ1v) is 4.85. The van der Waals surface area contributed by atoms with Gasteiger partial charge in [-0.15, -0.1) is 0 Å². The Labute approximate surface area is 86.1 Å². The van der Waals surface area contributed by atoms with Crippen LogP contribution in [0.1, 0.15) is 26.3 Å². The van der Waals surface area contributed by atoms with Gasteiger partial charge in [0.25, 0.3) is 0 Å². The Kier molecular flexibility index (Phi) is 3.04. The van der Waals surface area contributed by atoms with E-state index in [0.29, 0.717) is 11.1 Å². The Morgan fingerprint density at radius 2 is 1.93 bits per heavy atom. The Morgan fingerprint density at radius 1 is 1.29 bits per heavy atom. The van der Waals surface area contributed by atoms with Crippen LogP contribution in [0.4, 0.5) is 5.69 Å². The van der Waals surface area contributed by atoms with Gasteiger partial charge in [-0.2, -0.15) is 0 Å². The van der Waals surface area contributed by atoms with Crippen molar-refractivity contribution in [2.45, 2.75) is 27.2 Å². The van der Waals surface area contributed by atoms with E-state index in [1.54, 1.807) is 7.11 Å². The fourth-order valence-corrected chi connectivity index (χ4v) is 1.51. The Hall–Kier alpha value is -1.18. The van der Waals surface area contributed by atoms with E-state index in [-0.39, 0.29) is 0 Å². The van der Waals surface area contributed by atoms with Crippen LogP contribution in [0.2, 0.25) is 0 Å². The summed E-state index contributed by atoms with van der Waals surface area (Å²) in [6.07, 6.45) is 1.03. The lowest BCUT2D eigenvalue weighted by atomic mass is 9.88. The van der Waals surface area contributed by atoms with Gasteiger partial charge < -0.3 is 10.5 Å². The third kappa shape index (κ3) is 2.95. The van der Waals surface area contributed by atoms with Crippen LogP contribution < -0.4 is 10.5 Å². The van der Waals surface area contributed by atoms with E-state index >= 15 is 0 Å².